The first kappa shape index (κ1) is 11.1. The van der Waals surface area contributed by atoms with Crippen LogP contribution in [0.2, 0.25) is 0 Å². The van der Waals surface area contributed by atoms with Crippen molar-refractivity contribution in [1.29, 1.82) is 0 Å². The molecule has 0 bridgehead atoms. The number of aliphatic hydroxyl groups is 2. The summed E-state index contributed by atoms with van der Waals surface area (Å²) in [5.41, 5.74) is 6.88. The number of pyridine rings is 1. The first-order valence-electron chi connectivity index (χ1n) is 4.63. The molecule has 4 N–H and O–H groups in total. The molecule has 0 aliphatic heterocycles. The number of aryl methyl sites for hydroxylation is 1. The van der Waals surface area contributed by atoms with E-state index < -0.39 is 12.2 Å². The fourth-order valence-corrected chi connectivity index (χ4v) is 1.35. The molecule has 0 aliphatic rings. The zero-order valence-corrected chi connectivity index (χ0v) is 8.22. The summed E-state index contributed by atoms with van der Waals surface area (Å²) in [5, 5.41) is 19.3. The van der Waals surface area contributed by atoms with E-state index in [4.69, 9.17) is 5.73 Å². The van der Waals surface area contributed by atoms with E-state index >= 15 is 0 Å². The van der Waals surface area contributed by atoms with Gasteiger partial charge in [-0.05, 0) is 37.1 Å². The highest BCUT2D eigenvalue weighted by molar-refractivity contribution is 5.24. The minimum Gasteiger partial charge on any atom is -0.390 e. The summed E-state index contributed by atoms with van der Waals surface area (Å²) in [6.07, 6.45) is 1.97. The van der Waals surface area contributed by atoms with Gasteiger partial charge in [-0.1, -0.05) is 0 Å². The number of hydrogen-bond acceptors (Lipinski definition) is 4. The lowest BCUT2D eigenvalue weighted by molar-refractivity contribution is 0.0146. The van der Waals surface area contributed by atoms with Crippen molar-refractivity contribution in [2.24, 2.45) is 5.73 Å². The monoisotopic (exact) mass is 196 g/mol. The topological polar surface area (TPSA) is 79.4 Å². The van der Waals surface area contributed by atoms with Gasteiger partial charge >= 0.3 is 0 Å². The molecule has 0 aromatic carbocycles. The zero-order chi connectivity index (χ0) is 10.6. The molecule has 0 saturated heterocycles. The third-order valence-corrected chi connectivity index (χ3v) is 2.21. The maximum absolute atomic E-state index is 9.77. The van der Waals surface area contributed by atoms with Gasteiger partial charge in [-0.3, -0.25) is 4.98 Å². The van der Waals surface area contributed by atoms with Crippen LogP contribution in [0.5, 0.6) is 0 Å². The second kappa shape index (κ2) is 5.05. The Kier molecular flexibility index (Phi) is 4.00. The second-order valence-corrected chi connectivity index (χ2v) is 3.32. The summed E-state index contributed by atoms with van der Waals surface area (Å²) in [6.45, 7) is 2.21. The number of nitrogens with zero attached hydrogens (tertiary/aromatic N) is 1. The molecule has 2 unspecified atom stereocenters. The third-order valence-electron chi connectivity index (χ3n) is 2.21. The summed E-state index contributed by atoms with van der Waals surface area (Å²) >= 11 is 0. The largest absolute Gasteiger partial charge is 0.390 e. The van der Waals surface area contributed by atoms with Crippen LogP contribution in [0.3, 0.4) is 0 Å². The number of hydrogen-bond donors (Lipinski definition) is 3. The Bertz CT molecular complexity index is 291. The van der Waals surface area contributed by atoms with Crippen LogP contribution in [-0.4, -0.2) is 27.8 Å². The van der Waals surface area contributed by atoms with Crippen LogP contribution < -0.4 is 5.73 Å². The van der Waals surface area contributed by atoms with E-state index in [1.165, 1.54) is 0 Å². The van der Waals surface area contributed by atoms with Crippen molar-refractivity contribution in [1.82, 2.24) is 4.98 Å². The molecule has 4 nitrogen and oxygen atoms in total. The van der Waals surface area contributed by atoms with Gasteiger partial charge < -0.3 is 15.9 Å². The Balaban J connectivity index is 2.78. The molecular formula is C10H16N2O2. The van der Waals surface area contributed by atoms with Gasteiger partial charge in [-0.15, -0.1) is 0 Å². The standard InChI is InChI=1S/C10H16N2O2/c1-7-6-12-5-3-8(7)10(14)9(13)2-4-11/h3,5-6,9-10,13-14H,2,4,11H2,1H3. The lowest BCUT2D eigenvalue weighted by atomic mass is 10.00. The van der Waals surface area contributed by atoms with Gasteiger partial charge in [0.05, 0.1) is 6.10 Å². The molecule has 1 aromatic rings. The van der Waals surface area contributed by atoms with Gasteiger partial charge in [0.25, 0.3) is 0 Å². The fraction of sp³-hybridized carbons (Fsp3) is 0.500. The van der Waals surface area contributed by atoms with Crippen molar-refractivity contribution in [2.75, 3.05) is 6.54 Å². The van der Waals surface area contributed by atoms with Gasteiger partial charge in [0, 0.05) is 12.4 Å². The quantitative estimate of drug-likeness (QED) is 0.639. The normalized spacial score (nSPS) is 15.1. The number of aromatic nitrogens is 1. The molecule has 1 heterocycles. The average Bonchev–Trinajstić information content (AvgIpc) is 2.18. The van der Waals surface area contributed by atoms with E-state index in [0.717, 1.165) is 5.56 Å². The lowest BCUT2D eigenvalue weighted by Gasteiger charge is -2.18. The molecule has 4 heteroatoms. The Labute approximate surface area is 83.4 Å². The fourth-order valence-electron chi connectivity index (χ4n) is 1.35. The van der Waals surface area contributed by atoms with Crippen molar-refractivity contribution in [3.05, 3.63) is 29.6 Å². The van der Waals surface area contributed by atoms with Gasteiger partial charge in [-0.25, -0.2) is 0 Å². The summed E-state index contributed by atoms with van der Waals surface area (Å²) in [4.78, 5) is 3.92. The molecule has 78 valence electrons. The molecule has 0 radical (unpaired) electrons. The average molecular weight is 196 g/mol. The van der Waals surface area contributed by atoms with Crippen molar-refractivity contribution in [3.63, 3.8) is 0 Å². The summed E-state index contributed by atoms with van der Waals surface area (Å²) in [5.74, 6) is 0. The van der Waals surface area contributed by atoms with Crippen LogP contribution >= 0.6 is 0 Å². The molecule has 0 aliphatic carbocycles. The smallest absolute Gasteiger partial charge is 0.105 e. The number of nitrogens with two attached hydrogens (primary N) is 1. The maximum Gasteiger partial charge on any atom is 0.105 e. The van der Waals surface area contributed by atoms with Crippen LogP contribution in [0.15, 0.2) is 18.5 Å². The van der Waals surface area contributed by atoms with Crippen molar-refractivity contribution in [3.8, 4) is 0 Å². The molecule has 1 rings (SSSR count). The highest BCUT2D eigenvalue weighted by atomic mass is 16.3. The molecule has 2 atom stereocenters. The lowest BCUT2D eigenvalue weighted by Crippen LogP contribution is -2.22. The third kappa shape index (κ3) is 2.51. The maximum atomic E-state index is 9.77. The molecule has 0 spiro atoms. The Morgan fingerprint density at radius 2 is 2.21 bits per heavy atom. The van der Waals surface area contributed by atoms with Crippen molar-refractivity contribution in [2.45, 2.75) is 25.6 Å². The van der Waals surface area contributed by atoms with Crippen LogP contribution in [0, 0.1) is 6.92 Å². The van der Waals surface area contributed by atoms with Crippen LogP contribution in [0.4, 0.5) is 0 Å². The van der Waals surface area contributed by atoms with E-state index in [-0.39, 0.29) is 0 Å². The van der Waals surface area contributed by atoms with Gasteiger partial charge in [0.2, 0.25) is 0 Å². The first-order valence-corrected chi connectivity index (χ1v) is 4.63. The van der Waals surface area contributed by atoms with E-state index in [1.54, 1.807) is 18.5 Å². The van der Waals surface area contributed by atoms with Crippen LogP contribution in [-0.2, 0) is 0 Å². The molecule has 1 aromatic heterocycles. The van der Waals surface area contributed by atoms with Gasteiger partial charge in [0.1, 0.15) is 6.10 Å². The number of aliphatic hydroxyl groups excluding tert-OH is 2. The van der Waals surface area contributed by atoms with Crippen molar-refractivity contribution < 1.29 is 10.2 Å². The molecule has 0 amide bonds. The highest BCUT2D eigenvalue weighted by Gasteiger charge is 2.18. The van der Waals surface area contributed by atoms with Gasteiger partial charge in [0.15, 0.2) is 0 Å². The Hall–Kier alpha value is -0.970. The van der Waals surface area contributed by atoms with E-state index in [9.17, 15) is 10.2 Å². The molecular weight excluding hydrogens is 180 g/mol. The summed E-state index contributed by atoms with van der Waals surface area (Å²) in [6, 6.07) is 1.71. The SMILES string of the molecule is Cc1cnccc1C(O)C(O)CCN. The highest BCUT2D eigenvalue weighted by Crippen LogP contribution is 2.20. The molecule has 0 fully saturated rings. The van der Waals surface area contributed by atoms with E-state index in [0.29, 0.717) is 18.5 Å². The molecule has 0 saturated carbocycles. The van der Waals surface area contributed by atoms with Gasteiger partial charge in [-0.2, -0.15) is 0 Å². The summed E-state index contributed by atoms with van der Waals surface area (Å²) < 4.78 is 0. The minimum absolute atomic E-state index is 0.363. The zero-order valence-electron chi connectivity index (χ0n) is 8.22. The number of rotatable bonds is 4. The van der Waals surface area contributed by atoms with E-state index in [1.807, 2.05) is 6.92 Å². The minimum atomic E-state index is -0.874. The second-order valence-electron chi connectivity index (χ2n) is 3.32. The first-order chi connectivity index (χ1) is 6.66. The van der Waals surface area contributed by atoms with Crippen LogP contribution in [0.25, 0.3) is 0 Å². The van der Waals surface area contributed by atoms with E-state index in [2.05, 4.69) is 4.98 Å². The Morgan fingerprint density at radius 3 is 2.79 bits per heavy atom. The summed E-state index contributed by atoms with van der Waals surface area (Å²) in [7, 11) is 0. The Morgan fingerprint density at radius 1 is 1.50 bits per heavy atom. The predicted molar refractivity (Wildman–Crippen MR) is 53.6 cm³/mol. The predicted octanol–water partition coefficient (Wildman–Crippen LogP) is 0.133. The molecule has 14 heavy (non-hydrogen) atoms. The van der Waals surface area contributed by atoms with Crippen molar-refractivity contribution >= 4 is 0 Å². The van der Waals surface area contributed by atoms with Crippen LogP contribution in [0.1, 0.15) is 23.7 Å².